The molecule has 0 spiro atoms. The second-order valence-electron chi connectivity index (χ2n) is 9.79. The number of amides is 1. The SMILES string of the molecule is CCOC(=O)C1CCCN(C(=O)c2cccc(CSc3nc(C)c(C)c(N4CCN(CC)CC4)n3)c2)C1. The minimum absolute atomic E-state index is 0.0308. The monoisotopic (exact) mass is 525 g/mol. The van der Waals surface area contributed by atoms with Crippen LogP contribution in [0, 0.1) is 19.8 Å². The van der Waals surface area contributed by atoms with Gasteiger partial charge in [-0.05, 0) is 57.9 Å². The molecule has 0 aliphatic carbocycles. The Morgan fingerprint density at radius 2 is 1.86 bits per heavy atom. The van der Waals surface area contributed by atoms with Crippen LogP contribution in [0.3, 0.4) is 0 Å². The molecule has 3 heterocycles. The summed E-state index contributed by atoms with van der Waals surface area (Å²) in [6, 6.07) is 7.77. The third kappa shape index (κ3) is 6.82. The molecule has 2 fully saturated rings. The van der Waals surface area contributed by atoms with Crippen LogP contribution in [0.25, 0.3) is 0 Å². The van der Waals surface area contributed by atoms with Crippen molar-refractivity contribution in [3.8, 4) is 0 Å². The molecule has 0 saturated carbocycles. The summed E-state index contributed by atoms with van der Waals surface area (Å²) in [5.74, 6) is 1.24. The van der Waals surface area contributed by atoms with E-state index < -0.39 is 0 Å². The Kier molecular flexibility index (Phi) is 9.43. The van der Waals surface area contributed by atoms with Crippen molar-refractivity contribution in [3.05, 3.63) is 46.6 Å². The molecule has 0 N–H and O–H groups in total. The molecule has 1 aromatic heterocycles. The van der Waals surface area contributed by atoms with Gasteiger partial charge in [-0.1, -0.05) is 30.8 Å². The normalized spacial score (nSPS) is 18.6. The quantitative estimate of drug-likeness (QED) is 0.291. The third-order valence-electron chi connectivity index (χ3n) is 7.33. The largest absolute Gasteiger partial charge is 0.466 e. The minimum Gasteiger partial charge on any atom is -0.466 e. The van der Waals surface area contributed by atoms with Gasteiger partial charge in [-0.3, -0.25) is 9.59 Å². The maximum atomic E-state index is 13.2. The van der Waals surface area contributed by atoms with Crippen LogP contribution >= 0.6 is 11.8 Å². The minimum atomic E-state index is -0.238. The van der Waals surface area contributed by atoms with Crippen molar-refractivity contribution in [1.82, 2.24) is 19.8 Å². The van der Waals surface area contributed by atoms with Gasteiger partial charge in [-0.2, -0.15) is 0 Å². The predicted molar refractivity (Wildman–Crippen MR) is 147 cm³/mol. The fourth-order valence-corrected chi connectivity index (χ4v) is 5.80. The number of hydrogen-bond acceptors (Lipinski definition) is 8. The van der Waals surface area contributed by atoms with Gasteiger partial charge >= 0.3 is 5.97 Å². The van der Waals surface area contributed by atoms with E-state index >= 15 is 0 Å². The first kappa shape index (κ1) is 27.4. The van der Waals surface area contributed by atoms with E-state index in [0.717, 1.165) is 73.4 Å². The highest BCUT2D eigenvalue weighted by molar-refractivity contribution is 7.98. The van der Waals surface area contributed by atoms with Crippen LogP contribution in [0.5, 0.6) is 0 Å². The second kappa shape index (κ2) is 12.7. The summed E-state index contributed by atoms with van der Waals surface area (Å²) < 4.78 is 5.18. The topological polar surface area (TPSA) is 78.9 Å². The molecule has 2 aliphatic rings. The average Bonchev–Trinajstić information content (AvgIpc) is 2.93. The van der Waals surface area contributed by atoms with Crippen molar-refractivity contribution in [1.29, 1.82) is 0 Å². The van der Waals surface area contributed by atoms with Crippen LogP contribution in [-0.2, 0) is 15.3 Å². The number of hydrogen-bond donors (Lipinski definition) is 0. The molecule has 2 aliphatic heterocycles. The lowest BCUT2D eigenvalue weighted by atomic mass is 9.97. The molecule has 1 atom stereocenters. The summed E-state index contributed by atoms with van der Waals surface area (Å²) in [7, 11) is 0. The highest BCUT2D eigenvalue weighted by Gasteiger charge is 2.30. The molecule has 2 saturated heterocycles. The Morgan fingerprint density at radius 3 is 2.59 bits per heavy atom. The number of piperidine rings is 1. The van der Waals surface area contributed by atoms with E-state index in [-0.39, 0.29) is 17.8 Å². The van der Waals surface area contributed by atoms with Crippen molar-refractivity contribution in [2.75, 3.05) is 57.3 Å². The molecule has 200 valence electrons. The maximum absolute atomic E-state index is 13.2. The number of rotatable bonds is 8. The molecular weight excluding hydrogens is 486 g/mol. The predicted octanol–water partition coefficient (Wildman–Crippen LogP) is 3.94. The molecular formula is C28H39N5O3S. The maximum Gasteiger partial charge on any atom is 0.310 e. The number of esters is 1. The lowest BCUT2D eigenvalue weighted by Gasteiger charge is -2.35. The number of benzene rings is 1. The van der Waals surface area contributed by atoms with Crippen LogP contribution in [0.15, 0.2) is 29.4 Å². The molecule has 1 aromatic carbocycles. The highest BCUT2D eigenvalue weighted by Crippen LogP contribution is 2.27. The Bertz CT molecular complexity index is 1100. The fraction of sp³-hybridized carbons (Fsp3) is 0.571. The summed E-state index contributed by atoms with van der Waals surface area (Å²) in [6.45, 7) is 14.8. The highest BCUT2D eigenvalue weighted by atomic mass is 32.2. The Morgan fingerprint density at radius 1 is 1.08 bits per heavy atom. The third-order valence-corrected chi connectivity index (χ3v) is 8.25. The lowest BCUT2D eigenvalue weighted by molar-refractivity contribution is -0.149. The van der Waals surface area contributed by atoms with E-state index in [2.05, 4.69) is 23.6 Å². The fourth-order valence-electron chi connectivity index (χ4n) is 4.98. The molecule has 9 heteroatoms. The van der Waals surface area contributed by atoms with E-state index in [1.54, 1.807) is 16.7 Å². The van der Waals surface area contributed by atoms with Crippen molar-refractivity contribution in [2.45, 2.75) is 51.4 Å². The second-order valence-corrected chi connectivity index (χ2v) is 10.7. The number of aryl methyl sites for hydroxylation is 1. The van der Waals surface area contributed by atoms with Crippen molar-refractivity contribution >= 4 is 29.5 Å². The Balaban J connectivity index is 1.41. The molecule has 1 amide bonds. The first-order valence-electron chi connectivity index (χ1n) is 13.4. The summed E-state index contributed by atoms with van der Waals surface area (Å²) >= 11 is 1.60. The van der Waals surface area contributed by atoms with Crippen molar-refractivity contribution in [3.63, 3.8) is 0 Å². The van der Waals surface area contributed by atoms with Gasteiger partial charge in [0.05, 0.1) is 12.5 Å². The summed E-state index contributed by atoms with van der Waals surface area (Å²) in [5.41, 5.74) is 3.85. The number of anilines is 1. The molecule has 4 rings (SSSR count). The number of aromatic nitrogens is 2. The van der Waals surface area contributed by atoms with Gasteiger partial charge in [-0.15, -0.1) is 0 Å². The van der Waals surface area contributed by atoms with E-state index in [9.17, 15) is 9.59 Å². The van der Waals surface area contributed by atoms with E-state index in [1.165, 1.54) is 0 Å². The summed E-state index contributed by atoms with van der Waals surface area (Å²) in [6.07, 6.45) is 1.58. The van der Waals surface area contributed by atoms with Crippen molar-refractivity contribution < 1.29 is 14.3 Å². The molecule has 1 unspecified atom stereocenters. The average molecular weight is 526 g/mol. The van der Waals surface area contributed by atoms with Crippen LogP contribution in [0.2, 0.25) is 0 Å². The van der Waals surface area contributed by atoms with Gasteiger partial charge in [0.25, 0.3) is 5.91 Å². The zero-order valence-corrected chi connectivity index (χ0v) is 23.4. The van der Waals surface area contributed by atoms with Gasteiger partial charge in [0, 0.05) is 61.8 Å². The lowest BCUT2D eigenvalue weighted by Crippen LogP contribution is -2.46. The zero-order valence-electron chi connectivity index (χ0n) is 22.5. The van der Waals surface area contributed by atoms with Gasteiger partial charge < -0.3 is 19.4 Å². The summed E-state index contributed by atoms with van der Waals surface area (Å²) in [4.78, 5) is 41.7. The Labute approximate surface area is 224 Å². The first-order chi connectivity index (χ1) is 17.9. The van der Waals surface area contributed by atoms with Gasteiger partial charge in [0.15, 0.2) is 5.16 Å². The van der Waals surface area contributed by atoms with Gasteiger partial charge in [0.2, 0.25) is 0 Å². The number of carbonyl (C=O) groups is 2. The number of thioether (sulfide) groups is 1. The molecule has 37 heavy (non-hydrogen) atoms. The van der Waals surface area contributed by atoms with Gasteiger partial charge in [-0.25, -0.2) is 9.97 Å². The number of likely N-dealkylation sites (N-methyl/N-ethyl adjacent to an activating group) is 1. The van der Waals surface area contributed by atoms with E-state index in [0.29, 0.717) is 31.0 Å². The van der Waals surface area contributed by atoms with Crippen LogP contribution in [-0.4, -0.2) is 84.1 Å². The number of ether oxygens (including phenoxy) is 1. The zero-order chi connectivity index (χ0) is 26.4. The molecule has 2 aromatic rings. The van der Waals surface area contributed by atoms with Gasteiger partial charge in [0.1, 0.15) is 5.82 Å². The first-order valence-corrected chi connectivity index (χ1v) is 14.4. The van der Waals surface area contributed by atoms with Crippen LogP contribution < -0.4 is 4.90 Å². The Hall–Kier alpha value is -2.65. The number of piperazine rings is 1. The molecule has 8 nitrogen and oxygen atoms in total. The number of nitrogens with zero attached hydrogens (tertiary/aromatic N) is 5. The smallest absolute Gasteiger partial charge is 0.310 e. The van der Waals surface area contributed by atoms with Crippen LogP contribution in [0.4, 0.5) is 5.82 Å². The number of carbonyl (C=O) groups excluding carboxylic acids is 2. The van der Waals surface area contributed by atoms with E-state index in [4.69, 9.17) is 14.7 Å². The molecule has 0 bridgehead atoms. The number of likely N-dealkylation sites (tertiary alicyclic amines) is 1. The van der Waals surface area contributed by atoms with E-state index in [1.807, 2.05) is 38.1 Å². The van der Waals surface area contributed by atoms with Crippen LogP contribution in [0.1, 0.15) is 53.9 Å². The van der Waals surface area contributed by atoms with Crippen molar-refractivity contribution in [2.24, 2.45) is 5.92 Å². The molecule has 0 radical (unpaired) electrons. The standard InChI is InChI=1S/C28H39N5O3S/c1-5-31-13-15-32(16-14-31)25-20(3)21(4)29-28(30-25)37-19-22-9-7-10-23(17-22)26(34)33-12-8-11-24(18-33)27(35)36-6-2/h7,9-10,17,24H,5-6,8,11-16,18-19H2,1-4H3. The summed E-state index contributed by atoms with van der Waals surface area (Å²) in [5, 5.41) is 0.765.